The first-order valence-electron chi connectivity index (χ1n) is 8.43. The number of nitro groups is 1. The predicted octanol–water partition coefficient (Wildman–Crippen LogP) is 5.01. The first-order valence-corrected chi connectivity index (χ1v) is 8.43. The van der Waals surface area contributed by atoms with Crippen LogP contribution in [0.4, 0.5) is 5.69 Å². The van der Waals surface area contributed by atoms with Gasteiger partial charge in [-0.15, -0.1) is 0 Å². The fraction of sp³-hybridized carbons (Fsp3) is 0.579. The summed E-state index contributed by atoms with van der Waals surface area (Å²) in [6.45, 7) is 2.14. The Hall–Kier alpha value is -1.64. The minimum absolute atomic E-state index is 0.205. The monoisotopic (exact) mass is 297 g/mol. The van der Waals surface area contributed by atoms with Crippen LogP contribution in [0.1, 0.15) is 51.0 Å². The smallest absolute Gasteiger partial charge is 0.258 e. The van der Waals surface area contributed by atoms with E-state index in [4.69, 9.17) is 0 Å². The summed E-state index contributed by atoms with van der Waals surface area (Å²) in [6, 6.07) is 7.43. The van der Waals surface area contributed by atoms with E-state index in [1.54, 1.807) is 12.1 Å². The zero-order chi connectivity index (χ0) is 15.4. The van der Waals surface area contributed by atoms with E-state index < -0.39 is 0 Å². The van der Waals surface area contributed by atoms with Crippen molar-refractivity contribution < 1.29 is 4.92 Å². The van der Waals surface area contributed by atoms with Gasteiger partial charge in [0.05, 0.1) is 4.92 Å². The third kappa shape index (κ3) is 2.02. The molecule has 0 saturated heterocycles. The molecule has 3 nitrogen and oxygen atoms in total. The van der Waals surface area contributed by atoms with Gasteiger partial charge in [0.25, 0.3) is 5.69 Å². The lowest BCUT2D eigenvalue weighted by atomic mass is 9.43. The molecule has 1 aromatic carbocycles. The van der Waals surface area contributed by atoms with Gasteiger partial charge in [-0.05, 0) is 73.7 Å². The molecule has 0 aromatic heterocycles. The molecule has 0 amide bonds. The number of nitrogens with zero attached hydrogens (tertiary/aromatic N) is 1. The molecule has 116 valence electrons. The van der Waals surface area contributed by atoms with Gasteiger partial charge in [0.2, 0.25) is 0 Å². The van der Waals surface area contributed by atoms with Crippen LogP contribution < -0.4 is 0 Å². The van der Waals surface area contributed by atoms with Gasteiger partial charge < -0.3 is 0 Å². The van der Waals surface area contributed by atoms with Gasteiger partial charge >= 0.3 is 0 Å². The molecule has 2 unspecified atom stereocenters. The highest BCUT2D eigenvalue weighted by atomic mass is 16.6. The minimum Gasteiger partial charge on any atom is -0.258 e. The first kappa shape index (κ1) is 14.0. The Morgan fingerprint density at radius 3 is 2.32 bits per heavy atom. The average molecular weight is 297 g/mol. The molecule has 0 heterocycles. The predicted molar refractivity (Wildman–Crippen MR) is 86.7 cm³/mol. The van der Waals surface area contributed by atoms with E-state index in [1.807, 2.05) is 12.1 Å². The average Bonchev–Trinajstić information content (AvgIpc) is 2.46. The molecule has 22 heavy (non-hydrogen) atoms. The summed E-state index contributed by atoms with van der Waals surface area (Å²) in [5.74, 6) is 1.68. The van der Waals surface area contributed by atoms with E-state index in [-0.39, 0.29) is 16.0 Å². The van der Waals surface area contributed by atoms with Crippen molar-refractivity contribution in [2.24, 2.45) is 17.3 Å². The van der Waals surface area contributed by atoms with Crippen molar-refractivity contribution in [1.82, 2.24) is 0 Å². The summed E-state index contributed by atoms with van der Waals surface area (Å²) in [5, 5.41) is 10.9. The van der Waals surface area contributed by atoms with Crippen LogP contribution in [0.15, 0.2) is 36.4 Å². The Labute approximate surface area is 131 Å². The Bertz CT molecular complexity index is 617. The first-order chi connectivity index (χ1) is 10.5. The van der Waals surface area contributed by atoms with Crippen LogP contribution in [-0.2, 0) is 5.41 Å². The van der Waals surface area contributed by atoms with E-state index in [1.165, 1.54) is 44.1 Å². The van der Waals surface area contributed by atoms with E-state index in [2.05, 4.69) is 19.1 Å². The lowest BCUT2D eigenvalue weighted by Crippen LogP contribution is -2.53. The normalized spacial score (nSPS) is 39.5. The van der Waals surface area contributed by atoms with Gasteiger partial charge in [-0.1, -0.05) is 24.3 Å². The molecule has 4 bridgehead atoms. The molecule has 0 N–H and O–H groups in total. The zero-order valence-corrected chi connectivity index (χ0v) is 13.1. The Balaban J connectivity index is 1.72. The summed E-state index contributed by atoms with van der Waals surface area (Å²) in [5.41, 5.74) is 2.19. The second-order valence-electron chi connectivity index (χ2n) is 7.91. The molecule has 4 atom stereocenters. The number of non-ortho nitro benzene ring substituents is 1. The summed E-state index contributed by atoms with van der Waals surface area (Å²) in [6.07, 6.45) is 12.6. The molecule has 3 heteroatoms. The summed E-state index contributed by atoms with van der Waals surface area (Å²) >= 11 is 0. The fourth-order valence-electron chi connectivity index (χ4n) is 6.16. The van der Waals surface area contributed by atoms with E-state index in [0.29, 0.717) is 5.41 Å². The molecular formula is C19H23NO2. The van der Waals surface area contributed by atoms with Gasteiger partial charge in [0.1, 0.15) is 0 Å². The fourth-order valence-corrected chi connectivity index (χ4v) is 6.16. The topological polar surface area (TPSA) is 43.1 Å². The Morgan fingerprint density at radius 2 is 1.77 bits per heavy atom. The van der Waals surface area contributed by atoms with Gasteiger partial charge in [-0.25, -0.2) is 0 Å². The summed E-state index contributed by atoms with van der Waals surface area (Å²) < 4.78 is 0. The molecule has 1 aromatic rings. The van der Waals surface area contributed by atoms with Crippen molar-refractivity contribution in [3.63, 3.8) is 0 Å². The van der Waals surface area contributed by atoms with Gasteiger partial charge in [0.15, 0.2) is 0 Å². The maximum absolute atomic E-state index is 10.9. The quantitative estimate of drug-likeness (QED) is 0.447. The SMILES string of the molecule is C/C=C/C12C[C@H]3C[C@@H](C1)CC(c1ccc([N+](=O)[O-])cc1)(C3)C2. The Morgan fingerprint density at radius 1 is 1.14 bits per heavy atom. The van der Waals surface area contributed by atoms with Crippen molar-refractivity contribution in [2.75, 3.05) is 0 Å². The third-order valence-electron chi connectivity index (χ3n) is 6.32. The van der Waals surface area contributed by atoms with Crippen LogP contribution in [0.2, 0.25) is 0 Å². The lowest BCUT2D eigenvalue weighted by molar-refractivity contribution is -0.384. The molecule has 0 aliphatic heterocycles. The summed E-state index contributed by atoms with van der Waals surface area (Å²) in [4.78, 5) is 10.6. The van der Waals surface area contributed by atoms with Gasteiger partial charge in [-0.3, -0.25) is 10.1 Å². The highest BCUT2D eigenvalue weighted by Crippen LogP contribution is 2.66. The van der Waals surface area contributed by atoms with Crippen LogP contribution in [0.3, 0.4) is 0 Å². The lowest BCUT2D eigenvalue weighted by Gasteiger charge is -2.62. The Kier molecular flexibility index (Phi) is 2.97. The molecule has 4 fully saturated rings. The van der Waals surface area contributed by atoms with Gasteiger partial charge in [0, 0.05) is 12.1 Å². The molecule has 5 rings (SSSR count). The maximum atomic E-state index is 10.9. The molecular weight excluding hydrogens is 274 g/mol. The number of benzene rings is 1. The van der Waals surface area contributed by atoms with Gasteiger partial charge in [-0.2, -0.15) is 0 Å². The minimum atomic E-state index is -0.301. The van der Waals surface area contributed by atoms with E-state index >= 15 is 0 Å². The zero-order valence-electron chi connectivity index (χ0n) is 13.1. The second-order valence-corrected chi connectivity index (χ2v) is 7.91. The molecule has 4 saturated carbocycles. The van der Waals surface area contributed by atoms with Crippen molar-refractivity contribution in [2.45, 2.75) is 50.9 Å². The van der Waals surface area contributed by atoms with Crippen LogP contribution in [-0.4, -0.2) is 4.92 Å². The van der Waals surface area contributed by atoms with E-state index in [9.17, 15) is 10.1 Å². The number of hydrogen-bond donors (Lipinski definition) is 0. The molecule has 4 aliphatic carbocycles. The number of hydrogen-bond acceptors (Lipinski definition) is 2. The van der Waals surface area contributed by atoms with Crippen LogP contribution in [0, 0.1) is 27.4 Å². The van der Waals surface area contributed by atoms with Crippen LogP contribution >= 0.6 is 0 Å². The number of nitro benzene ring substituents is 1. The number of rotatable bonds is 3. The van der Waals surface area contributed by atoms with E-state index in [0.717, 1.165) is 11.8 Å². The van der Waals surface area contributed by atoms with Crippen molar-refractivity contribution >= 4 is 5.69 Å². The van der Waals surface area contributed by atoms with Crippen molar-refractivity contribution in [3.8, 4) is 0 Å². The molecule has 4 aliphatic rings. The highest BCUT2D eigenvalue weighted by Gasteiger charge is 2.57. The standard InChI is InChI=1S/C19H23NO2/c1-2-7-18-9-14-8-15(10-18)12-19(11-14,13-18)16-3-5-17(6-4-16)20(21)22/h2-7,14-15H,8-13H2,1H3/b7-2+/t14-,15+,18?,19?. The van der Waals surface area contributed by atoms with Crippen LogP contribution in [0.5, 0.6) is 0 Å². The van der Waals surface area contributed by atoms with Crippen molar-refractivity contribution in [3.05, 3.63) is 52.1 Å². The second kappa shape index (κ2) is 4.68. The molecule has 0 radical (unpaired) electrons. The largest absolute Gasteiger partial charge is 0.269 e. The summed E-state index contributed by atoms with van der Waals surface area (Å²) in [7, 11) is 0. The maximum Gasteiger partial charge on any atom is 0.269 e. The highest BCUT2D eigenvalue weighted by molar-refractivity contribution is 5.39. The number of allylic oxidation sites excluding steroid dienone is 2. The van der Waals surface area contributed by atoms with Crippen molar-refractivity contribution in [1.29, 1.82) is 0 Å². The third-order valence-corrected chi connectivity index (χ3v) is 6.32. The molecule has 0 spiro atoms. The van der Waals surface area contributed by atoms with Crippen LogP contribution in [0.25, 0.3) is 0 Å².